The molecule has 0 saturated heterocycles. The molecule has 7 heteroatoms. The van der Waals surface area contributed by atoms with Crippen LogP contribution in [0.5, 0.6) is 11.5 Å². The van der Waals surface area contributed by atoms with Crippen molar-refractivity contribution < 1.29 is 28.6 Å². The van der Waals surface area contributed by atoms with Crippen molar-refractivity contribution in [3.8, 4) is 11.5 Å². The highest BCUT2D eigenvalue weighted by molar-refractivity contribution is 6.23. The second-order valence-electron chi connectivity index (χ2n) is 11.5. The third kappa shape index (κ3) is 5.67. The van der Waals surface area contributed by atoms with Crippen LogP contribution in [0.2, 0.25) is 0 Å². The summed E-state index contributed by atoms with van der Waals surface area (Å²) in [6.07, 6.45) is 11.0. The molecule has 3 aromatic rings. The van der Waals surface area contributed by atoms with E-state index in [0.29, 0.717) is 28.2 Å². The van der Waals surface area contributed by atoms with Crippen LogP contribution in [0.1, 0.15) is 103 Å². The summed E-state index contributed by atoms with van der Waals surface area (Å²) in [5, 5.41) is 1.76. The Morgan fingerprint density at radius 2 is 1.29 bits per heavy atom. The van der Waals surface area contributed by atoms with Crippen molar-refractivity contribution in [2.24, 2.45) is 0 Å². The minimum absolute atomic E-state index is 0.0819. The number of ether oxygens (including phenoxy) is 3. The van der Waals surface area contributed by atoms with E-state index in [1.807, 2.05) is 42.5 Å². The van der Waals surface area contributed by atoms with Crippen molar-refractivity contribution in [1.82, 2.24) is 4.90 Å². The highest BCUT2D eigenvalue weighted by Gasteiger charge is 2.42. The molecule has 1 unspecified atom stereocenters. The molecule has 1 aliphatic heterocycles. The van der Waals surface area contributed by atoms with Crippen LogP contribution in [0, 0.1) is 0 Å². The van der Waals surface area contributed by atoms with E-state index in [1.165, 1.54) is 24.9 Å². The Labute approximate surface area is 240 Å². The summed E-state index contributed by atoms with van der Waals surface area (Å²) in [5.41, 5.74) is 1.33. The number of methoxy groups -OCH3 is 1. The minimum Gasteiger partial charge on any atom is -0.487 e. The third-order valence-corrected chi connectivity index (χ3v) is 8.73. The minimum atomic E-state index is -0.851. The van der Waals surface area contributed by atoms with Crippen LogP contribution in [0.3, 0.4) is 0 Å². The topological polar surface area (TPSA) is 82.1 Å². The van der Waals surface area contributed by atoms with E-state index < -0.39 is 23.8 Å². The zero-order valence-corrected chi connectivity index (χ0v) is 23.6. The molecule has 3 aromatic carbocycles. The van der Waals surface area contributed by atoms with Gasteiger partial charge in [0.1, 0.15) is 0 Å². The second kappa shape index (κ2) is 11.9. The summed E-state index contributed by atoms with van der Waals surface area (Å²) >= 11 is 0. The fourth-order valence-electron chi connectivity index (χ4n) is 6.47. The molecule has 1 atom stereocenters. The van der Waals surface area contributed by atoms with E-state index in [9.17, 15) is 14.4 Å². The molecule has 2 saturated carbocycles. The van der Waals surface area contributed by atoms with Gasteiger partial charge in [0.15, 0.2) is 11.5 Å². The Kier molecular flexibility index (Phi) is 7.95. The number of nitrogens with zero attached hydrogens (tertiary/aromatic N) is 1. The fraction of sp³-hybridized carbons (Fsp3) is 0.441. The predicted molar refractivity (Wildman–Crippen MR) is 155 cm³/mol. The first-order chi connectivity index (χ1) is 20.0. The molecular weight excluding hydrogens is 518 g/mol. The summed E-state index contributed by atoms with van der Waals surface area (Å²) in [7, 11) is 1.31. The molecule has 7 nitrogen and oxygen atoms in total. The number of esters is 1. The molecule has 3 aliphatic rings. The van der Waals surface area contributed by atoms with Crippen molar-refractivity contribution in [3.63, 3.8) is 0 Å². The number of imide groups is 1. The number of rotatable bonds is 8. The zero-order valence-electron chi connectivity index (χ0n) is 23.6. The van der Waals surface area contributed by atoms with Crippen LogP contribution in [-0.4, -0.2) is 42.0 Å². The first-order valence-electron chi connectivity index (χ1n) is 15.0. The summed E-state index contributed by atoms with van der Waals surface area (Å²) in [5.74, 6) is -0.0493. The van der Waals surface area contributed by atoms with Gasteiger partial charge in [0.25, 0.3) is 11.8 Å². The molecule has 41 heavy (non-hydrogen) atoms. The van der Waals surface area contributed by atoms with Gasteiger partial charge in [-0.25, -0.2) is 0 Å². The SMILES string of the molecule is COC(=O)CC(c1ccc(OC2CCCCC2)c(OC2CCCCC2)c1)N1C(=O)c2cc3ccccc3cc2C1=O. The van der Waals surface area contributed by atoms with Gasteiger partial charge in [0.2, 0.25) is 0 Å². The van der Waals surface area contributed by atoms with E-state index in [1.54, 1.807) is 12.1 Å². The summed E-state index contributed by atoms with van der Waals surface area (Å²) in [4.78, 5) is 41.4. The number of fused-ring (bicyclic) bond motifs is 2. The van der Waals surface area contributed by atoms with Gasteiger partial charge in [0, 0.05) is 0 Å². The van der Waals surface area contributed by atoms with Crippen molar-refractivity contribution in [2.75, 3.05) is 7.11 Å². The summed E-state index contributed by atoms with van der Waals surface area (Å²) < 4.78 is 18.0. The molecule has 2 fully saturated rings. The molecule has 0 radical (unpaired) electrons. The van der Waals surface area contributed by atoms with Gasteiger partial charge >= 0.3 is 5.97 Å². The lowest BCUT2D eigenvalue weighted by atomic mass is 9.97. The van der Waals surface area contributed by atoms with E-state index in [-0.39, 0.29) is 18.6 Å². The predicted octanol–water partition coefficient (Wildman–Crippen LogP) is 7.16. The van der Waals surface area contributed by atoms with E-state index in [4.69, 9.17) is 14.2 Å². The molecule has 0 aromatic heterocycles. The van der Waals surface area contributed by atoms with Gasteiger partial charge in [0.05, 0.1) is 42.9 Å². The Morgan fingerprint density at radius 1 is 0.756 bits per heavy atom. The van der Waals surface area contributed by atoms with Gasteiger partial charge in [-0.05, 0) is 92.0 Å². The van der Waals surface area contributed by atoms with Gasteiger partial charge in [-0.1, -0.05) is 43.2 Å². The van der Waals surface area contributed by atoms with Crippen molar-refractivity contribution in [2.45, 2.75) is 88.9 Å². The number of carbonyl (C=O) groups is 3. The number of carbonyl (C=O) groups excluding carboxylic acids is 3. The lowest BCUT2D eigenvalue weighted by molar-refractivity contribution is -0.141. The van der Waals surface area contributed by atoms with Gasteiger partial charge < -0.3 is 14.2 Å². The van der Waals surface area contributed by atoms with Crippen LogP contribution in [-0.2, 0) is 9.53 Å². The van der Waals surface area contributed by atoms with Crippen LogP contribution >= 0.6 is 0 Å². The van der Waals surface area contributed by atoms with Gasteiger partial charge in [-0.3, -0.25) is 19.3 Å². The molecule has 0 bridgehead atoms. The molecule has 2 aliphatic carbocycles. The quantitative estimate of drug-likeness (QED) is 0.217. The van der Waals surface area contributed by atoms with Crippen molar-refractivity contribution in [1.29, 1.82) is 0 Å². The monoisotopic (exact) mass is 555 g/mol. The van der Waals surface area contributed by atoms with Crippen molar-refractivity contribution in [3.05, 3.63) is 71.3 Å². The highest BCUT2D eigenvalue weighted by atomic mass is 16.5. The molecule has 0 spiro atoms. The van der Waals surface area contributed by atoms with E-state index in [2.05, 4.69) is 0 Å². The number of hydrogen-bond acceptors (Lipinski definition) is 6. The number of benzene rings is 3. The summed E-state index contributed by atoms with van der Waals surface area (Å²) in [6.45, 7) is 0. The normalized spacial score (nSPS) is 18.8. The molecule has 0 N–H and O–H groups in total. The van der Waals surface area contributed by atoms with E-state index >= 15 is 0 Å². The van der Waals surface area contributed by atoms with Crippen molar-refractivity contribution >= 4 is 28.6 Å². The van der Waals surface area contributed by atoms with Crippen LogP contribution in [0.25, 0.3) is 10.8 Å². The van der Waals surface area contributed by atoms with Crippen LogP contribution in [0.15, 0.2) is 54.6 Å². The Balaban J connectivity index is 1.37. The first kappa shape index (κ1) is 27.3. The Hall–Kier alpha value is -3.87. The first-order valence-corrected chi connectivity index (χ1v) is 15.0. The Morgan fingerprint density at radius 3 is 1.83 bits per heavy atom. The zero-order chi connectivity index (χ0) is 28.3. The smallest absolute Gasteiger partial charge is 0.307 e. The number of hydrogen-bond donors (Lipinski definition) is 0. The van der Waals surface area contributed by atoms with Gasteiger partial charge in [-0.2, -0.15) is 0 Å². The molecule has 2 amide bonds. The Bertz CT molecular complexity index is 1400. The average Bonchev–Trinajstić information content (AvgIpc) is 3.24. The summed E-state index contributed by atoms with van der Waals surface area (Å²) in [6, 6.07) is 15.9. The molecule has 214 valence electrons. The van der Waals surface area contributed by atoms with Crippen LogP contribution < -0.4 is 9.47 Å². The average molecular weight is 556 g/mol. The fourth-order valence-corrected chi connectivity index (χ4v) is 6.47. The number of amides is 2. The lowest BCUT2D eigenvalue weighted by Crippen LogP contribution is -2.35. The maximum Gasteiger partial charge on any atom is 0.307 e. The molecule has 6 rings (SSSR count). The molecular formula is C34H37NO6. The highest BCUT2D eigenvalue weighted by Crippen LogP contribution is 2.40. The second-order valence-corrected chi connectivity index (χ2v) is 11.5. The maximum absolute atomic E-state index is 13.8. The lowest BCUT2D eigenvalue weighted by Gasteiger charge is -2.29. The van der Waals surface area contributed by atoms with E-state index in [0.717, 1.165) is 62.1 Å². The van der Waals surface area contributed by atoms with Crippen LogP contribution in [0.4, 0.5) is 0 Å². The largest absolute Gasteiger partial charge is 0.487 e. The molecule has 1 heterocycles. The standard InChI is InChI=1S/C34H37NO6/c1-39-32(36)21-29(35-33(37)27-18-22-10-8-9-11-23(22)19-28(27)34(35)38)24-16-17-30(40-25-12-4-2-5-13-25)31(20-24)41-26-14-6-3-7-15-26/h8-11,16-20,25-26,29H,2-7,12-15,21H2,1H3. The maximum atomic E-state index is 13.8. The third-order valence-electron chi connectivity index (χ3n) is 8.73. The van der Waals surface area contributed by atoms with Gasteiger partial charge in [-0.15, -0.1) is 0 Å².